The fraction of sp³-hybridized carbons (Fsp3) is 0.214. The van der Waals surface area contributed by atoms with Gasteiger partial charge in [0, 0.05) is 0 Å². The van der Waals surface area contributed by atoms with Gasteiger partial charge in [-0.2, -0.15) is 15.0 Å². The molecule has 27 heavy (non-hydrogen) atoms. The molecule has 0 saturated carbocycles. The van der Waals surface area contributed by atoms with E-state index in [9.17, 15) is 18.0 Å². The quantitative estimate of drug-likeness (QED) is 0.482. The zero-order valence-corrected chi connectivity index (χ0v) is 14.8. The molecular formula is C14H17CaN5O6S. The van der Waals surface area contributed by atoms with E-state index in [1.54, 1.807) is 4.72 Å². The number of ether oxygens (including phenoxy) is 2. The van der Waals surface area contributed by atoms with Gasteiger partial charge in [-0.25, -0.2) is 22.7 Å². The van der Waals surface area contributed by atoms with Crippen LogP contribution in [-0.4, -0.2) is 87.3 Å². The molecule has 2 N–H and O–H groups in total. The van der Waals surface area contributed by atoms with Crippen LogP contribution in [0.2, 0.25) is 0 Å². The van der Waals surface area contributed by atoms with E-state index >= 15 is 0 Å². The number of benzene rings is 1. The van der Waals surface area contributed by atoms with E-state index in [1.165, 1.54) is 32.2 Å². The molecule has 13 heteroatoms. The number of nitrogens with zero attached hydrogens (tertiary/aromatic N) is 3. The van der Waals surface area contributed by atoms with Gasteiger partial charge >= 0.3 is 55.7 Å². The van der Waals surface area contributed by atoms with Crippen LogP contribution < -0.4 is 14.8 Å². The predicted molar refractivity (Wildman–Crippen MR) is 96.8 cm³/mol. The van der Waals surface area contributed by atoms with E-state index in [4.69, 9.17) is 4.74 Å². The number of methoxy groups -OCH3 is 2. The number of aromatic nitrogens is 3. The average molecular weight is 423 g/mol. The number of carbonyl (C=O) groups is 2. The van der Waals surface area contributed by atoms with E-state index in [-0.39, 0.29) is 61.1 Å². The van der Waals surface area contributed by atoms with Gasteiger partial charge < -0.3 is 9.47 Å². The van der Waals surface area contributed by atoms with Crippen molar-refractivity contribution in [3.63, 3.8) is 0 Å². The Morgan fingerprint density at radius 2 is 1.74 bits per heavy atom. The molecule has 142 valence electrons. The molecule has 2 rings (SSSR count). The molecule has 0 radical (unpaired) electrons. The first kappa shape index (κ1) is 23.0. The normalized spacial score (nSPS) is 10.3. The second kappa shape index (κ2) is 9.78. The maximum atomic E-state index is 12.4. The van der Waals surface area contributed by atoms with Gasteiger partial charge in [-0.15, -0.1) is 0 Å². The van der Waals surface area contributed by atoms with E-state index in [1.807, 2.05) is 0 Å². The zero-order chi connectivity index (χ0) is 19.3. The molecule has 0 saturated heterocycles. The number of amides is 2. The number of carbonyl (C=O) groups excluding carboxylic acids is 2. The second-order valence-electron chi connectivity index (χ2n) is 4.74. The van der Waals surface area contributed by atoms with Crippen LogP contribution in [0.1, 0.15) is 16.2 Å². The number of esters is 1. The summed E-state index contributed by atoms with van der Waals surface area (Å²) >= 11 is 0. The minimum atomic E-state index is -4.36. The summed E-state index contributed by atoms with van der Waals surface area (Å²) in [6, 6.07) is 4.12. The second-order valence-corrected chi connectivity index (χ2v) is 6.39. The Hall–Kier alpha value is -2.02. The third-order valence-corrected chi connectivity index (χ3v) is 4.33. The number of hydrogen-bond donors (Lipinski definition) is 2. The first-order valence-corrected chi connectivity index (χ1v) is 8.53. The summed E-state index contributed by atoms with van der Waals surface area (Å²) in [5, 5.41) is 2.16. The molecule has 0 bridgehead atoms. The molecule has 1 heterocycles. The van der Waals surface area contributed by atoms with Crippen LogP contribution in [0.15, 0.2) is 29.2 Å². The van der Waals surface area contributed by atoms with Crippen molar-refractivity contribution < 1.29 is 27.5 Å². The van der Waals surface area contributed by atoms with Crippen molar-refractivity contribution in [3.8, 4) is 6.01 Å². The van der Waals surface area contributed by atoms with Crippen molar-refractivity contribution in [2.24, 2.45) is 0 Å². The minimum absolute atomic E-state index is 0. The van der Waals surface area contributed by atoms with Crippen molar-refractivity contribution in [2.45, 2.75) is 11.8 Å². The molecule has 2 aromatic rings. The molecule has 0 aliphatic rings. The molecule has 0 aliphatic heterocycles. The molecule has 0 atom stereocenters. The van der Waals surface area contributed by atoms with Crippen molar-refractivity contribution >= 4 is 65.7 Å². The van der Waals surface area contributed by atoms with Crippen molar-refractivity contribution in [1.82, 2.24) is 19.7 Å². The topological polar surface area (TPSA) is 149 Å². The first-order chi connectivity index (χ1) is 12.3. The number of rotatable bonds is 5. The molecule has 11 nitrogen and oxygen atoms in total. The number of nitrogens with one attached hydrogen (secondary N) is 2. The monoisotopic (exact) mass is 423 g/mol. The van der Waals surface area contributed by atoms with Crippen LogP contribution in [0.3, 0.4) is 0 Å². The van der Waals surface area contributed by atoms with Crippen molar-refractivity contribution in [3.05, 3.63) is 35.7 Å². The van der Waals surface area contributed by atoms with E-state index < -0.39 is 26.9 Å². The summed E-state index contributed by atoms with van der Waals surface area (Å²) in [6.07, 6.45) is 0. The summed E-state index contributed by atoms with van der Waals surface area (Å²) in [5.74, 6) is -0.807. The Labute approximate surface area is 184 Å². The van der Waals surface area contributed by atoms with Gasteiger partial charge in [0.15, 0.2) is 0 Å². The van der Waals surface area contributed by atoms with Crippen LogP contribution in [0.4, 0.5) is 10.7 Å². The molecule has 0 spiro atoms. The number of anilines is 1. The fourth-order valence-corrected chi connectivity index (χ4v) is 2.99. The Balaban J connectivity index is 0.00000364. The maximum absolute atomic E-state index is 12.4. The summed E-state index contributed by atoms with van der Waals surface area (Å²) < 4.78 is 36.0. The van der Waals surface area contributed by atoms with Gasteiger partial charge in [0.25, 0.3) is 10.0 Å². The van der Waals surface area contributed by atoms with Crippen molar-refractivity contribution in [2.75, 3.05) is 19.5 Å². The summed E-state index contributed by atoms with van der Waals surface area (Å²) in [7, 11) is -1.92. The van der Waals surface area contributed by atoms with Gasteiger partial charge in [0.2, 0.25) is 5.95 Å². The van der Waals surface area contributed by atoms with Gasteiger partial charge in [-0.3, -0.25) is 5.32 Å². The van der Waals surface area contributed by atoms with E-state index in [2.05, 4.69) is 25.0 Å². The number of hydrogen-bond acceptors (Lipinski definition) is 9. The Kier molecular flexibility index (Phi) is 8.34. The van der Waals surface area contributed by atoms with Crippen molar-refractivity contribution in [1.29, 1.82) is 0 Å². The average Bonchev–Trinajstić information content (AvgIpc) is 2.59. The fourth-order valence-electron chi connectivity index (χ4n) is 1.89. The van der Waals surface area contributed by atoms with E-state index in [0.717, 1.165) is 13.2 Å². The number of urea groups is 1. The van der Waals surface area contributed by atoms with Gasteiger partial charge in [-0.05, 0) is 19.1 Å². The first-order valence-electron chi connectivity index (χ1n) is 7.04. The standard InChI is InChI=1S/C14H15N5O6S.Ca.2H/c1-8-15-12(18-14(16-8)25-3)17-13(21)19-26(22,23)10-7-5-4-6-9(10)11(20)24-2;;;/h4-7H,1-3H3,(H2,15,16,17,18,19,21);;;. The molecule has 2 amide bonds. The molecule has 0 fully saturated rings. The van der Waals surface area contributed by atoms with Crippen LogP contribution in [-0.2, 0) is 14.8 Å². The number of sulfonamides is 1. The Morgan fingerprint density at radius 3 is 2.37 bits per heavy atom. The third kappa shape index (κ3) is 5.99. The van der Waals surface area contributed by atoms with E-state index in [0.29, 0.717) is 0 Å². The van der Waals surface area contributed by atoms with Crippen LogP contribution in [0.5, 0.6) is 6.01 Å². The third-order valence-electron chi connectivity index (χ3n) is 2.94. The molecule has 0 unspecified atom stereocenters. The molecular weight excluding hydrogens is 406 g/mol. The van der Waals surface area contributed by atoms with Gasteiger partial charge in [0.05, 0.1) is 19.8 Å². The zero-order valence-electron chi connectivity index (χ0n) is 14.0. The Bertz CT molecular complexity index is 953. The van der Waals surface area contributed by atoms with Crippen LogP contribution in [0, 0.1) is 6.92 Å². The predicted octanol–water partition coefficient (Wildman–Crippen LogP) is -0.431. The van der Waals surface area contributed by atoms with Crippen LogP contribution in [0.25, 0.3) is 0 Å². The number of aryl methyl sites for hydroxylation is 1. The van der Waals surface area contributed by atoms with Gasteiger partial charge in [0.1, 0.15) is 10.7 Å². The molecule has 1 aromatic heterocycles. The summed E-state index contributed by atoms with van der Waals surface area (Å²) in [4.78, 5) is 34.7. The molecule has 0 aliphatic carbocycles. The van der Waals surface area contributed by atoms with Crippen LogP contribution >= 0.6 is 0 Å². The summed E-state index contributed by atoms with van der Waals surface area (Å²) in [5.41, 5.74) is -0.215. The molecule has 1 aromatic carbocycles. The van der Waals surface area contributed by atoms with Gasteiger partial charge in [-0.1, -0.05) is 12.1 Å². The summed E-state index contributed by atoms with van der Waals surface area (Å²) in [6.45, 7) is 1.54. The Morgan fingerprint density at radius 1 is 1.07 bits per heavy atom. The SMILES string of the molecule is COC(=O)c1ccccc1S(=O)(=O)NC(=O)Nc1nc(C)nc(OC)n1.[CaH2].